The van der Waals surface area contributed by atoms with E-state index in [9.17, 15) is 9.59 Å². The van der Waals surface area contributed by atoms with E-state index >= 15 is 0 Å². The summed E-state index contributed by atoms with van der Waals surface area (Å²) in [5.41, 5.74) is 2.93. The number of allylic oxidation sites excluding steroid dienone is 2. The van der Waals surface area contributed by atoms with Gasteiger partial charge in [-0.3, -0.25) is 9.59 Å². The zero-order valence-corrected chi connectivity index (χ0v) is 11.0. The highest BCUT2D eigenvalue weighted by molar-refractivity contribution is 5.94. The molecular formula is C14H22O3. The Morgan fingerprint density at radius 2 is 2.00 bits per heavy atom. The first kappa shape index (κ1) is 13.9. The molecule has 1 aliphatic rings. The standard InChI is InChI=1S/C14H22O3/c1-10-5-4-8-14(2,3)12(10)7-6-11(15)9-13(16)17/h4-9H2,1-3H3,(H,16,17). The first-order chi connectivity index (χ1) is 7.83. The van der Waals surface area contributed by atoms with Gasteiger partial charge in [-0.15, -0.1) is 0 Å². The van der Waals surface area contributed by atoms with E-state index in [1.54, 1.807) is 0 Å². The molecule has 0 heterocycles. The number of hydrogen-bond acceptors (Lipinski definition) is 2. The van der Waals surface area contributed by atoms with Crippen molar-refractivity contribution < 1.29 is 14.7 Å². The lowest BCUT2D eigenvalue weighted by Gasteiger charge is -2.34. The predicted octanol–water partition coefficient (Wildman–Crippen LogP) is 3.34. The lowest BCUT2D eigenvalue weighted by molar-refractivity contribution is -0.140. The maximum Gasteiger partial charge on any atom is 0.310 e. The Balaban J connectivity index is 2.61. The van der Waals surface area contributed by atoms with Gasteiger partial charge in [-0.25, -0.2) is 0 Å². The quantitative estimate of drug-likeness (QED) is 0.590. The summed E-state index contributed by atoms with van der Waals surface area (Å²) in [6.45, 7) is 6.57. The number of carbonyl (C=O) groups excluding carboxylic acids is 1. The molecule has 0 aromatic heterocycles. The Labute approximate surface area is 103 Å². The molecule has 1 aliphatic carbocycles. The summed E-state index contributed by atoms with van der Waals surface area (Å²) in [6, 6.07) is 0. The van der Waals surface area contributed by atoms with Crippen LogP contribution in [-0.4, -0.2) is 16.9 Å². The number of aliphatic carboxylic acids is 1. The van der Waals surface area contributed by atoms with Crippen LogP contribution < -0.4 is 0 Å². The summed E-state index contributed by atoms with van der Waals surface area (Å²) in [6.07, 6.45) is 4.24. The van der Waals surface area contributed by atoms with Crippen molar-refractivity contribution in [1.29, 1.82) is 0 Å². The van der Waals surface area contributed by atoms with Gasteiger partial charge in [-0.2, -0.15) is 0 Å². The third kappa shape index (κ3) is 3.99. The monoisotopic (exact) mass is 238 g/mol. The third-order valence-electron chi connectivity index (χ3n) is 3.69. The Kier molecular flexibility index (Phi) is 4.49. The van der Waals surface area contributed by atoms with E-state index in [-0.39, 0.29) is 17.6 Å². The van der Waals surface area contributed by atoms with Crippen LogP contribution in [0.15, 0.2) is 11.1 Å². The van der Waals surface area contributed by atoms with Gasteiger partial charge in [0, 0.05) is 6.42 Å². The molecule has 0 radical (unpaired) electrons. The summed E-state index contributed by atoms with van der Waals surface area (Å²) in [4.78, 5) is 21.8. The highest BCUT2D eigenvalue weighted by atomic mass is 16.4. The van der Waals surface area contributed by atoms with Gasteiger partial charge >= 0.3 is 5.97 Å². The fourth-order valence-corrected chi connectivity index (χ4v) is 2.75. The average molecular weight is 238 g/mol. The summed E-state index contributed by atoms with van der Waals surface area (Å²) in [5.74, 6) is -1.19. The number of hydrogen-bond donors (Lipinski definition) is 1. The molecular weight excluding hydrogens is 216 g/mol. The largest absolute Gasteiger partial charge is 0.481 e. The maximum atomic E-state index is 11.4. The fourth-order valence-electron chi connectivity index (χ4n) is 2.75. The van der Waals surface area contributed by atoms with E-state index in [4.69, 9.17) is 5.11 Å². The van der Waals surface area contributed by atoms with Crippen molar-refractivity contribution in [3.63, 3.8) is 0 Å². The van der Waals surface area contributed by atoms with Crippen LogP contribution in [0.25, 0.3) is 0 Å². The molecule has 0 saturated carbocycles. The van der Waals surface area contributed by atoms with Crippen molar-refractivity contribution in [1.82, 2.24) is 0 Å². The lowest BCUT2D eigenvalue weighted by atomic mass is 9.71. The van der Waals surface area contributed by atoms with Crippen LogP contribution in [0.3, 0.4) is 0 Å². The molecule has 1 rings (SSSR count). The van der Waals surface area contributed by atoms with E-state index in [1.165, 1.54) is 17.6 Å². The van der Waals surface area contributed by atoms with E-state index < -0.39 is 5.97 Å². The van der Waals surface area contributed by atoms with Gasteiger partial charge in [0.2, 0.25) is 0 Å². The van der Waals surface area contributed by atoms with Gasteiger partial charge in [0.05, 0.1) is 0 Å². The molecule has 0 saturated heterocycles. The van der Waals surface area contributed by atoms with Crippen LogP contribution in [0.4, 0.5) is 0 Å². The lowest BCUT2D eigenvalue weighted by Crippen LogP contribution is -2.21. The van der Waals surface area contributed by atoms with E-state index in [0.29, 0.717) is 6.42 Å². The topological polar surface area (TPSA) is 54.4 Å². The minimum atomic E-state index is -1.02. The van der Waals surface area contributed by atoms with Crippen molar-refractivity contribution in [2.24, 2.45) is 5.41 Å². The molecule has 0 aromatic carbocycles. The normalized spacial score (nSPS) is 19.2. The van der Waals surface area contributed by atoms with Crippen LogP contribution >= 0.6 is 0 Å². The van der Waals surface area contributed by atoms with E-state index in [0.717, 1.165) is 19.3 Å². The smallest absolute Gasteiger partial charge is 0.310 e. The molecule has 3 nitrogen and oxygen atoms in total. The number of Topliss-reactive ketones (excluding diaryl/α,β-unsaturated/α-hetero) is 1. The Bertz CT molecular complexity index is 350. The molecule has 0 amide bonds. The van der Waals surface area contributed by atoms with Crippen molar-refractivity contribution in [2.45, 2.75) is 59.3 Å². The van der Waals surface area contributed by atoms with Crippen molar-refractivity contribution in [2.75, 3.05) is 0 Å². The molecule has 0 spiro atoms. The van der Waals surface area contributed by atoms with Crippen molar-refractivity contribution in [3.05, 3.63) is 11.1 Å². The fraction of sp³-hybridized carbons (Fsp3) is 0.714. The van der Waals surface area contributed by atoms with Crippen LogP contribution in [0.1, 0.15) is 59.3 Å². The summed E-state index contributed by atoms with van der Waals surface area (Å²) >= 11 is 0. The first-order valence-corrected chi connectivity index (χ1v) is 6.25. The highest BCUT2D eigenvalue weighted by Crippen LogP contribution is 2.42. The van der Waals surface area contributed by atoms with Gasteiger partial charge in [0.15, 0.2) is 0 Å². The molecule has 0 atom stereocenters. The molecule has 0 aromatic rings. The zero-order valence-electron chi connectivity index (χ0n) is 11.0. The second kappa shape index (κ2) is 5.48. The molecule has 0 bridgehead atoms. The van der Waals surface area contributed by atoms with Crippen molar-refractivity contribution in [3.8, 4) is 0 Å². The highest BCUT2D eigenvalue weighted by Gasteiger charge is 2.28. The second-order valence-corrected chi connectivity index (χ2v) is 5.61. The number of ketones is 1. The second-order valence-electron chi connectivity index (χ2n) is 5.61. The van der Waals surface area contributed by atoms with Gasteiger partial charge in [-0.1, -0.05) is 25.0 Å². The average Bonchev–Trinajstić information content (AvgIpc) is 2.14. The summed E-state index contributed by atoms with van der Waals surface area (Å²) in [5, 5.41) is 8.54. The third-order valence-corrected chi connectivity index (χ3v) is 3.69. The number of rotatable bonds is 5. The molecule has 3 heteroatoms. The predicted molar refractivity (Wildman–Crippen MR) is 66.8 cm³/mol. The van der Waals surface area contributed by atoms with Crippen LogP contribution in [0.5, 0.6) is 0 Å². The van der Waals surface area contributed by atoms with Crippen LogP contribution in [0, 0.1) is 5.41 Å². The molecule has 0 fully saturated rings. The van der Waals surface area contributed by atoms with Crippen molar-refractivity contribution >= 4 is 11.8 Å². The van der Waals surface area contributed by atoms with Crippen LogP contribution in [-0.2, 0) is 9.59 Å². The summed E-state index contributed by atoms with van der Waals surface area (Å²) < 4.78 is 0. The number of carboxylic acids is 1. The maximum absolute atomic E-state index is 11.4. The van der Waals surface area contributed by atoms with E-state index in [1.807, 2.05) is 0 Å². The number of carbonyl (C=O) groups is 2. The SMILES string of the molecule is CC1=C(CCC(=O)CC(=O)O)C(C)(C)CCC1. The minimum absolute atomic E-state index is 0.167. The molecule has 0 unspecified atom stereocenters. The van der Waals surface area contributed by atoms with Gasteiger partial charge < -0.3 is 5.11 Å². The van der Waals surface area contributed by atoms with Gasteiger partial charge in [-0.05, 0) is 38.0 Å². The Morgan fingerprint density at radius 3 is 2.53 bits per heavy atom. The summed E-state index contributed by atoms with van der Waals surface area (Å²) in [7, 11) is 0. The minimum Gasteiger partial charge on any atom is -0.481 e. The van der Waals surface area contributed by atoms with Gasteiger partial charge in [0.25, 0.3) is 0 Å². The van der Waals surface area contributed by atoms with E-state index in [2.05, 4.69) is 20.8 Å². The zero-order chi connectivity index (χ0) is 13.1. The van der Waals surface area contributed by atoms with Crippen LogP contribution in [0.2, 0.25) is 0 Å². The first-order valence-electron chi connectivity index (χ1n) is 6.25. The Morgan fingerprint density at radius 1 is 1.35 bits per heavy atom. The molecule has 0 aliphatic heterocycles. The number of carboxylic acid groups (broad SMARTS) is 1. The molecule has 17 heavy (non-hydrogen) atoms. The molecule has 1 N–H and O–H groups in total. The Hall–Kier alpha value is -1.12. The molecule has 96 valence electrons. The van der Waals surface area contributed by atoms with Gasteiger partial charge in [0.1, 0.15) is 12.2 Å².